The highest BCUT2D eigenvalue weighted by molar-refractivity contribution is 9.10. The first-order valence-electron chi connectivity index (χ1n) is 6.25. The number of aromatic nitrogens is 3. The van der Waals surface area contributed by atoms with E-state index in [0.717, 1.165) is 4.47 Å². The maximum atomic E-state index is 12.9. The van der Waals surface area contributed by atoms with E-state index >= 15 is 0 Å². The molecule has 0 fully saturated rings. The third-order valence-electron chi connectivity index (χ3n) is 2.95. The Kier molecular flexibility index (Phi) is 3.72. The van der Waals surface area contributed by atoms with E-state index in [4.69, 9.17) is 0 Å². The fraction of sp³-hybridized carbons (Fsp3) is 0. The number of rotatable bonds is 2. The normalized spacial score (nSPS) is 11.8. The molecule has 0 aliphatic heterocycles. The van der Waals surface area contributed by atoms with E-state index in [1.54, 1.807) is 12.3 Å². The monoisotopic (exact) mass is 361 g/mol. The largest absolute Gasteiger partial charge is 0.507 e. The van der Waals surface area contributed by atoms with Crippen LogP contribution in [0.5, 0.6) is 0 Å². The van der Waals surface area contributed by atoms with Gasteiger partial charge in [0, 0.05) is 22.3 Å². The van der Waals surface area contributed by atoms with Crippen molar-refractivity contribution < 1.29 is 9.50 Å². The minimum Gasteiger partial charge on any atom is -0.507 e. The van der Waals surface area contributed by atoms with Crippen molar-refractivity contribution in [1.29, 1.82) is 0 Å². The molecule has 0 aliphatic carbocycles. The average molecular weight is 362 g/mol. The van der Waals surface area contributed by atoms with Crippen LogP contribution in [0.4, 0.5) is 4.39 Å². The van der Waals surface area contributed by atoms with Crippen LogP contribution in [-0.2, 0) is 0 Å². The highest BCUT2D eigenvalue weighted by atomic mass is 79.9. The molecule has 22 heavy (non-hydrogen) atoms. The summed E-state index contributed by atoms with van der Waals surface area (Å²) in [7, 11) is 0. The van der Waals surface area contributed by atoms with E-state index in [2.05, 4.69) is 30.9 Å². The second-order valence-corrected chi connectivity index (χ2v) is 5.43. The Balaban J connectivity index is 2.07. The van der Waals surface area contributed by atoms with Gasteiger partial charge >= 0.3 is 0 Å². The lowest BCUT2D eigenvalue weighted by Crippen LogP contribution is -2.12. The molecular formula is C15H9BrFN3O2. The molecule has 0 saturated heterocycles. The van der Waals surface area contributed by atoms with E-state index in [1.165, 1.54) is 30.3 Å². The number of aliphatic hydroxyl groups excluding tert-OH is 1. The molecule has 0 saturated carbocycles. The van der Waals surface area contributed by atoms with Gasteiger partial charge in [0.25, 0.3) is 5.56 Å². The number of H-pyrrole nitrogens is 1. The number of pyridine rings is 1. The molecule has 0 atom stereocenters. The maximum absolute atomic E-state index is 12.9. The van der Waals surface area contributed by atoms with Gasteiger partial charge in [-0.1, -0.05) is 0 Å². The van der Waals surface area contributed by atoms with Crippen LogP contribution in [0, 0.1) is 5.82 Å². The zero-order chi connectivity index (χ0) is 15.7. The van der Waals surface area contributed by atoms with Crippen molar-refractivity contribution in [2.24, 2.45) is 0 Å². The Morgan fingerprint density at radius 2 is 2.05 bits per heavy atom. The van der Waals surface area contributed by atoms with E-state index < -0.39 is 11.4 Å². The van der Waals surface area contributed by atoms with Crippen LogP contribution in [0.15, 0.2) is 45.8 Å². The number of aromatic amines is 1. The topological polar surface area (TPSA) is 78.9 Å². The number of halogens is 2. The van der Waals surface area contributed by atoms with Gasteiger partial charge in [0.1, 0.15) is 17.3 Å². The molecule has 110 valence electrons. The number of hydrogen-bond donors (Lipinski definition) is 2. The summed E-state index contributed by atoms with van der Waals surface area (Å²) >= 11 is 3.26. The first-order valence-corrected chi connectivity index (χ1v) is 7.04. The van der Waals surface area contributed by atoms with Crippen molar-refractivity contribution in [2.45, 2.75) is 0 Å². The van der Waals surface area contributed by atoms with E-state index in [-0.39, 0.29) is 11.5 Å². The number of benzene rings is 1. The highest BCUT2D eigenvalue weighted by Gasteiger charge is 2.07. The number of fused-ring (bicyclic) bond motifs is 1. The predicted molar refractivity (Wildman–Crippen MR) is 84.8 cm³/mol. The maximum Gasteiger partial charge on any atom is 0.274 e. The van der Waals surface area contributed by atoms with Crippen LogP contribution in [0.3, 0.4) is 0 Å². The van der Waals surface area contributed by atoms with Gasteiger partial charge in [-0.05, 0) is 46.3 Å². The van der Waals surface area contributed by atoms with E-state index in [9.17, 15) is 14.3 Å². The molecule has 0 spiro atoms. The first kappa shape index (κ1) is 14.4. The predicted octanol–water partition coefficient (Wildman–Crippen LogP) is 3.28. The van der Waals surface area contributed by atoms with Crippen molar-refractivity contribution in [3.8, 4) is 0 Å². The SMILES string of the molecule is O=c1[nH]c2cc(Br)cnc2nc1/C=C(\O)c1ccc(F)cc1. The van der Waals surface area contributed by atoms with Crippen molar-refractivity contribution in [3.63, 3.8) is 0 Å². The highest BCUT2D eigenvalue weighted by Crippen LogP contribution is 2.16. The molecule has 3 aromatic rings. The number of nitrogens with one attached hydrogen (secondary N) is 1. The summed E-state index contributed by atoms with van der Waals surface area (Å²) in [6, 6.07) is 6.94. The Morgan fingerprint density at radius 1 is 1.32 bits per heavy atom. The standard InChI is InChI=1S/C15H9BrFN3O2/c16-9-5-11-14(18-7-9)19-12(15(22)20-11)6-13(21)8-1-3-10(17)4-2-8/h1-7,21H,(H,20,22)/b13-6-. The van der Waals surface area contributed by atoms with Crippen molar-refractivity contribution >= 4 is 38.9 Å². The minimum absolute atomic E-state index is 0.0177. The van der Waals surface area contributed by atoms with Crippen molar-refractivity contribution in [2.75, 3.05) is 0 Å². The molecule has 3 rings (SSSR count). The van der Waals surface area contributed by atoms with Gasteiger partial charge in [-0.25, -0.2) is 14.4 Å². The lowest BCUT2D eigenvalue weighted by Gasteiger charge is -2.02. The van der Waals surface area contributed by atoms with Crippen LogP contribution in [0.2, 0.25) is 0 Å². The molecule has 2 N–H and O–H groups in total. The van der Waals surface area contributed by atoms with E-state index in [1.807, 2.05) is 0 Å². The van der Waals surface area contributed by atoms with Crippen LogP contribution in [0.25, 0.3) is 23.0 Å². The van der Waals surface area contributed by atoms with Crippen LogP contribution < -0.4 is 5.56 Å². The fourth-order valence-electron chi connectivity index (χ4n) is 1.90. The zero-order valence-electron chi connectivity index (χ0n) is 11.0. The summed E-state index contributed by atoms with van der Waals surface area (Å²) in [4.78, 5) is 22.8. The number of hydrogen-bond acceptors (Lipinski definition) is 4. The van der Waals surface area contributed by atoms with Gasteiger partial charge in [0.05, 0.1) is 5.52 Å². The summed E-state index contributed by atoms with van der Waals surface area (Å²) in [5, 5.41) is 10.0. The first-order chi connectivity index (χ1) is 10.5. The molecule has 0 bridgehead atoms. The lowest BCUT2D eigenvalue weighted by atomic mass is 10.1. The zero-order valence-corrected chi connectivity index (χ0v) is 12.6. The van der Waals surface area contributed by atoms with Crippen molar-refractivity contribution in [1.82, 2.24) is 15.0 Å². The summed E-state index contributed by atoms with van der Waals surface area (Å²) in [6.07, 6.45) is 2.77. The van der Waals surface area contributed by atoms with Gasteiger partial charge in [0.15, 0.2) is 5.65 Å². The molecular weight excluding hydrogens is 353 g/mol. The molecule has 5 nitrogen and oxygen atoms in total. The van der Waals surface area contributed by atoms with Crippen molar-refractivity contribution in [3.05, 3.63) is 68.4 Å². The number of nitrogens with zero attached hydrogens (tertiary/aromatic N) is 2. The lowest BCUT2D eigenvalue weighted by molar-refractivity contribution is 0.515. The molecule has 2 aromatic heterocycles. The Labute approximate surface area is 132 Å². The Morgan fingerprint density at radius 3 is 2.77 bits per heavy atom. The average Bonchev–Trinajstić information content (AvgIpc) is 2.49. The van der Waals surface area contributed by atoms with Crippen LogP contribution >= 0.6 is 15.9 Å². The second-order valence-electron chi connectivity index (χ2n) is 4.51. The molecule has 2 heterocycles. The molecule has 7 heteroatoms. The Hall–Kier alpha value is -2.54. The van der Waals surface area contributed by atoms with Gasteiger partial charge in [-0.3, -0.25) is 4.79 Å². The molecule has 0 aliphatic rings. The van der Waals surface area contributed by atoms with Crippen LogP contribution in [0.1, 0.15) is 11.3 Å². The van der Waals surface area contributed by atoms with Gasteiger partial charge < -0.3 is 10.1 Å². The fourth-order valence-corrected chi connectivity index (χ4v) is 2.23. The quantitative estimate of drug-likeness (QED) is 0.686. The van der Waals surface area contributed by atoms with E-state index in [0.29, 0.717) is 16.7 Å². The molecule has 0 radical (unpaired) electrons. The van der Waals surface area contributed by atoms with Gasteiger partial charge in [0.2, 0.25) is 0 Å². The molecule has 0 unspecified atom stereocenters. The van der Waals surface area contributed by atoms with Crippen LogP contribution in [-0.4, -0.2) is 20.1 Å². The third kappa shape index (κ3) is 2.89. The molecule has 1 aromatic carbocycles. The minimum atomic E-state index is -0.457. The summed E-state index contributed by atoms with van der Waals surface area (Å²) < 4.78 is 13.6. The molecule has 0 amide bonds. The Bertz CT molecular complexity index is 936. The van der Waals surface area contributed by atoms with Gasteiger partial charge in [-0.2, -0.15) is 0 Å². The summed E-state index contributed by atoms with van der Waals surface area (Å²) in [6.45, 7) is 0. The summed E-state index contributed by atoms with van der Waals surface area (Å²) in [5.74, 6) is -0.595. The third-order valence-corrected chi connectivity index (χ3v) is 3.39. The number of aliphatic hydroxyl groups is 1. The van der Waals surface area contributed by atoms with Gasteiger partial charge in [-0.15, -0.1) is 0 Å². The second kappa shape index (κ2) is 5.69. The summed E-state index contributed by atoms with van der Waals surface area (Å²) in [5.41, 5.74) is 0.774. The smallest absolute Gasteiger partial charge is 0.274 e.